The van der Waals surface area contributed by atoms with Crippen LogP contribution >= 0.6 is 23.2 Å². The number of imidazole rings is 1. The second-order valence-corrected chi connectivity index (χ2v) is 6.61. The van der Waals surface area contributed by atoms with Crippen LogP contribution in [0.2, 0.25) is 10.0 Å². The zero-order valence-corrected chi connectivity index (χ0v) is 15.9. The summed E-state index contributed by atoms with van der Waals surface area (Å²) in [6.07, 6.45) is 3.19. The molecule has 0 amide bonds. The molecular weight excluding hydrogens is 385 g/mol. The average Bonchev–Trinajstić information content (AvgIpc) is 3.17. The summed E-state index contributed by atoms with van der Waals surface area (Å²) in [7, 11) is 1.62. The van der Waals surface area contributed by atoms with Gasteiger partial charge >= 0.3 is 0 Å². The topological polar surface area (TPSA) is 64.9 Å². The van der Waals surface area contributed by atoms with Crippen LogP contribution in [-0.4, -0.2) is 26.6 Å². The summed E-state index contributed by atoms with van der Waals surface area (Å²) in [6.45, 7) is 0.440. The van der Waals surface area contributed by atoms with Crippen LogP contribution in [0.25, 0.3) is 11.5 Å². The number of fused-ring (bicyclic) bond motifs is 1. The molecule has 2 aliphatic rings. The Morgan fingerprint density at radius 2 is 1.78 bits per heavy atom. The Labute approximate surface area is 166 Å². The maximum Gasteiger partial charge on any atom is 0.165 e. The van der Waals surface area contributed by atoms with E-state index in [0.717, 1.165) is 11.3 Å². The van der Waals surface area contributed by atoms with Crippen LogP contribution in [0.4, 0.5) is 11.5 Å². The van der Waals surface area contributed by atoms with E-state index in [4.69, 9.17) is 27.9 Å². The summed E-state index contributed by atoms with van der Waals surface area (Å²) in [5.41, 5.74) is 2.25. The largest absolute Gasteiger partial charge is 0.495 e. The number of rotatable bonds is 5. The molecule has 0 radical (unpaired) electrons. The third-order valence-electron chi connectivity index (χ3n) is 4.15. The second kappa shape index (κ2) is 7.42. The molecule has 0 bridgehead atoms. The third-order valence-corrected chi connectivity index (χ3v) is 4.86. The van der Waals surface area contributed by atoms with Gasteiger partial charge < -0.3 is 14.6 Å². The van der Waals surface area contributed by atoms with Gasteiger partial charge in [0.15, 0.2) is 17.3 Å². The molecule has 0 saturated carbocycles. The molecule has 0 aromatic heterocycles. The molecule has 4 rings (SSSR count). The van der Waals surface area contributed by atoms with Crippen LogP contribution in [0.15, 0.2) is 55.1 Å². The van der Waals surface area contributed by atoms with Crippen LogP contribution in [0, 0.1) is 0 Å². The monoisotopic (exact) mass is 399 g/mol. The minimum atomic E-state index is 0.440. The second-order valence-electron chi connectivity index (χ2n) is 5.79. The molecule has 0 fully saturated rings. The van der Waals surface area contributed by atoms with Crippen LogP contribution in [0.5, 0.6) is 5.75 Å². The third kappa shape index (κ3) is 3.41. The molecule has 0 atom stereocenters. The highest BCUT2D eigenvalue weighted by molar-refractivity contribution is 6.36. The van der Waals surface area contributed by atoms with E-state index in [0.29, 0.717) is 39.7 Å². The fraction of sp³-hybridized carbons (Fsp3) is 0.105. The van der Waals surface area contributed by atoms with E-state index in [-0.39, 0.29) is 0 Å². The summed E-state index contributed by atoms with van der Waals surface area (Å²) < 4.78 is 7.24. The Morgan fingerprint density at radius 3 is 2.56 bits per heavy atom. The van der Waals surface area contributed by atoms with Gasteiger partial charge in [-0.2, -0.15) is 0 Å². The summed E-state index contributed by atoms with van der Waals surface area (Å²) in [5, 5.41) is 4.45. The van der Waals surface area contributed by atoms with E-state index in [1.165, 1.54) is 6.33 Å². The molecule has 8 heteroatoms. The highest BCUT2D eigenvalue weighted by atomic mass is 35.5. The van der Waals surface area contributed by atoms with Crippen molar-refractivity contribution in [3.8, 4) is 17.3 Å². The molecular formula is C19H15Cl2N5O. The maximum atomic E-state index is 6.30. The van der Waals surface area contributed by atoms with Crippen molar-refractivity contribution >= 4 is 34.7 Å². The lowest BCUT2D eigenvalue weighted by molar-refractivity contribution is 0.417. The summed E-state index contributed by atoms with van der Waals surface area (Å²) in [4.78, 5) is 13.2. The molecule has 0 unspecified atom stereocenters. The number of anilines is 2. The van der Waals surface area contributed by atoms with Gasteiger partial charge in [-0.25, -0.2) is 15.0 Å². The van der Waals surface area contributed by atoms with Gasteiger partial charge in [-0.15, -0.1) is 0 Å². The van der Waals surface area contributed by atoms with Gasteiger partial charge in [-0.05, 0) is 24.3 Å². The highest BCUT2D eigenvalue weighted by Gasteiger charge is 2.19. The normalized spacial score (nSPS) is 10.9. The fourth-order valence-electron chi connectivity index (χ4n) is 2.82. The number of nitrogens with zero attached hydrogens (tertiary/aromatic N) is 4. The average molecular weight is 400 g/mol. The van der Waals surface area contributed by atoms with Gasteiger partial charge in [0.25, 0.3) is 0 Å². The first-order chi connectivity index (χ1) is 13.2. The zero-order chi connectivity index (χ0) is 18.8. The first-order valence-electron chi connectivity index (χ1n) is 8.16. The smallest absolute Gasteiger partial charge is 0.165 e. The molecule has 0 saturated heterocycles. The quantitative estimate of drug-likeness (QED) is 0.517. The van der Waals surface area contributed by atoms with E-state index >= 15 is 0 Å². The lowest BCUT2D eigenvalue weighted by Crippen LogP contribution is -2.10. The van der Waals surface area contributed by atoms with Gasteiger partial charge in [-0.1, -0.05) is 41.4 Å². The van der Waals surface area contributed by atoms with Crippen LogP contribution in [0.1, 0.15) is 5.56 Å². The number of ether oxygens (including phenoxy) is 1. The zero-order valence-electron chi connectivity index (χ0n) is 14.4. The molecule has 2 aromatic carbocycles. The predicted octanol–water partition coefficient (Wildman–Crippen LogP) is 4.89. The van der Waals surface area contributed by atoms with Crippen molar-refractivity contribution in [2.45, 2.75) is 6.54 Å². The Morgan fingerprint density at radius 1 is 1.00 bits per heavy atom. The molecule has 27 heavy (non-hydrogen) atoms. The fourth-order valence-corrected chi connectivity index (χ4v) is 3.33. The van der Waals surface area contributed by atoms with E-state index in [2.05, 4.69) is 20.3 Å². The standard InChI is InChI=1S/C19H15Cl2N5O/c1-27-16-8-3-2-7-15(16)25-18-17-19(23-10-22-17)26(11-24-18)9-12-13(20)5-4-6-14(12)21/h2-8,10-11,25H,9H2,1H3. The lowest BCUT2D eigenvalue weighted by Gasteiger charge is -2.16. The molecule has 2 aromatic rings. The van der Waals surface area contributed by atoms with Crippen LogP contribution in [-0.2, 0) is 6.54 Å². The first kappa shape index (κ1) is 17.6. The summed E-state index contributed by atoms with van der Waals surface area (Å²) >= 11 is 12.6. The van der Waals surface area contributed by atoms with Crippen molar-refractivity contribution in [2.75, 3.05) is 12.4 Å². The predicted molar refractivity (Wildman–Crippen MR) is 106 cm³/mol. The minimum absolute atomic E-state index is 0.440. The van der Waals surface area contributed by atoms with Crippen molar-refractivity contribution < 1.29 is 4.74 Å². The molecule has 136 valence electrons. The van der Waals surface area contributed by atoms with Gasteiger partial charge in [0.1, 0.15) is 12.1 Å². The van der Waals surface area contributed by atoms with Crippen LogP contribution < -0.4 is 10.1 Å². The lowest BCUT2D eigenvalue weighted by atomic mass is 10.2. The Kier molecular flexibility index (Phi) is 4.83. The number of para-hydroxylation sites is 2. The maximum absolute atomic E-state index is 6.30. The number of methoxy groups -OCH3 is 1. The van der Waals surface area contributed by atoms with Gasteiger partial charge in [0, 0.05) is 15.6 Å². The van der Waals surface area contributed by atoms with Crippen molar-refractivity contribution in [3.05, 3.63) is 70.7 Å². The number of hydrogen-bond donors (Lipinski definition) is 1. The Balaban J connectivity index is 1.70. The molecule has 2 aliphatic heterocycles. The van der Waals surface area contributed by atoms with Crippen molar-refractivity contribution in [3.63, 3.8) is 0 Å². The van der Waals surface area contributed by atoms with E-state index in [1.54, 1.807) is 13.4 Å². The van der Waals surface area contributed by atoms with Crippen molar-refractivity contribution in [1.82, 2.24) is 19.5 Å². The number of halogens is 2. The number of benzene rings is 2. The van der Waals surface area contributed by atoms with E-state index in [1.807, 2.05) is 47.0 Å². The first-order valence-corrected chi connectivity index (χ1v) is 8.91. The number of hydrogen-bond acceptors (Lipinski definition) is 5. The van der Waals surface area contributed by atoms with Gasteiger partial charge in [0.05, 0.1) is 25.7 Å². The molecule has 6 nitrogen and oxygen atoms in total. The van der Waals surface area contributed by atoms with Crippen LogP contribution in [0.3, 0.4) is 0 Å². The number of nitrogens with one attached hydrogen (secondary N) is 1. The molecule has 0 spiro atoms. The molecule has 2 heterocycles. The van der Waals surface area contributed by atoms with Crippen molar-refractivity contribution in [1.29, 1.82) is 0 Å². The van der Waals surface area contributed by atoms with Crippen molar-refractivity contribution in [2.24, 2.45) is 0 Å². The SMILES string of the molecule is COc1ccccc1Nc1ncn(Cc2c(Cl)cccc2Cl)c2ncnc1-2. The van der Waals surface area contributed by atoms with E-state index < -0.39 is 0 Å². The van der Waals surface area contributed by atoms with E-state index in [9.17, 15) is 0 Å². The summed E-state index contributed by atoms with van der Waals surface area (Å²) in [6, 6.07) is 13.0. The molecule has 0 aliphatic carbocycles. The Bertz CT molecular complexity index is 1050. The highest BCUT2D eigenvalue weighted by Crippen LogP contribution is 2.32. The molecule has 1 N–H and O–H groups in total. The number of aromatic nitrogens is 4. The Hall–Kier alpha value is -2.83. The van der Waals surface area contributed by atoms with Gasteiger partial charge in [-0.3, -0.25) is 0 Å². The van der Waals surface area contributed by atoms with Gasteiger partial charge in [0.2, 0.25) is 0 Å². The summed E-state index contributed by atoms with van der Waals surface area (Å²) in [5.74, 6) is 1.98. The minimum Gasteiger partial charge on any atom is -0.495 e.